The van der Waals surface area contributed by atoms with E-state index in [4.69, 9.17) is 22.1 Å². The van der Waals surface area contributed by atoms with Crippen molar-refractivity contribution in [3.05, 3.63) is 28.8 Å². The van der Waals surface area contributed by atoms with Crippen molar-refractivity contribution < 1.29 is 4.74 Å². The summed E-state index contributed by atoms with van der Waals surface area (Å²) in [4.78, 5) is 0. The lowest BCUT2D eigenvalue weighted by molar-refractivity contribution is 0.0998. The largest absolute Gasteiger partial charge is 0.489 e. The van der Waals surface area contributed by atoms with Gasteiger partial charge in [0.15, 0.2) is 0 Å². The highest BCUT2D eigenvalue weighted by atomic mass is 35.5. The number of rotatable bonds is 4. The fraction of sp³-hybridized carbons (Fsp3) is 0.625. The standard InChI is InChI=1S/C16H24ClNO/c1-11-6-7-14(10-12(11)2)19-16-13(8-9-18)4-3-5-15(16)17/h3-5,11-12,14H,6-10,18H2,1-2H3. The van der Waals surface area contributed by atoms with E-state index in [1.807, 2.05) is 12.1 Å². The highest BCUT2D eigenvalue weighted by Gasteiger charge is 2.26. The molecule has 19 heavy (non-hydrogen) atoms. The lowest BCUT2D eigenvalue weighted by Crippen LogP contribution is -2.29. The summed E-state index contributed by atoms with van der Waals surface area (Å²) in [7, 11) is 0. The van der Waals surface area contributed by atoms with Crippen LogP contribution in [0, 0.1) is 11.8 Å². The average molecular weight is 282 g/mol. The van der Waals surface area contributed by atoms with E-state index in [1.165, 1.54) is 6.42 Å². The normalized spacial score (nSPS) is 27.3. The third-order valence-electron chi connectivity index (χ3n) is 4.30. The molecule has 1 aromatic carbocycles. The molecule has 0 heterocycles. The highest BCUT2D eigenvalue weighted by molar-refractivity contribution is 6.32. The Morgan fingerprint density at radius 3 is 2.74 bits per heavy atom. The van der Waals surface area contributed by atoms with Crippen LogP contribution in [-0.4, -0.2) is 12.6 Å². The molecule has 0 amide bonds. The maximum atomic E-state index is 6.28. The van der Waals surface area contributed by atoms with Gasteiger partial charge in [0.2, 0.25) is 0 Å². The van der Waals surface area contributed by atoms with Crippen molar-refractivity contribution in [3.63, 3.8) is 0 Å². The molecule has 3 heteroatoms. The Balaban J connectivity index is 2.10. The van der Waals surface area contributed by atoms with Gasteiger partial charge in [0.25, 0.3) is 0 Å². The van der Waals surface area contributed by atoms with E-state index in [1.54, 1.807) is 0 Å². The SMILES string of the molecule is CC1CCC(Oc2c(Cl)cccc2CCN)CC1C. The van der Waals surface area contributed by atoms with Crippen LogP contribution < -0.4 is 10.5 Å². The molecule has 1 aliphatic carbocycles. The van der Waals surface area contributed by atoms with Crippen molar-refractivity contribution >= 4 is 11.6 Å². The van der Waals surface area contributed by atoms with Crippen LogP contribution in [0.2, 0.25) is 5.02 Å². The van der Waals surface area contributed by atoms with E-state index in [-0.39, 0.29) is 0 Å². The molecular weight excluding hydrogens is 258 g/mol. The monoisotopic (exact) mass is 281 g/mol. The molecule has 3 atom stereocenters. The Hall–Kier alpha value is -0.730. The van der Waals surface area contributed by atoms with Gasteiger partial charge >= 0.3 is 0 Å². The summed E-state index contributed by atoms with van der Waals surface area (Å²) in [5.41, 5.74) is 6.78. The summed E-state index contributed by atoms with van der Waals surface area (Å²) in [6.07, 6.45) is 4.59. The van der Waals surface area contributed by atoms with Gasteiger partial charge in [-0.2, -0.15) is 0 Å². The number of hydrogen-bond donors (Lipinski definition) is 1. The number of hydrogen-bond acceptors (Lipinski definition) is 2. The summed E-state index contributed by atoms with van der Waals surface area (Å²) in [5, 5.41) is 0.706. The van der Waals surface area contributed by atoms with Crippen molar-refractivity contribution in [1.82, 2.24) is 0 Å². The molecule has 1 aromatic rings. The lowest BCUT2D eigenvalue weighted by atomic mass is 9.80. The first-order valence-electron chi connectivity index (χ1n) is 7.26. The van der Waals surface area contributed by atoms with Gasteiger partial charge in [-0.25, -0.2) is 0 Å². The van der Waals surface area contributed by atoms with E-state index in [0.29, 0.717) is 17.7 Å². The Morgan fingerprint density at radius 1 is 1.26 bits per heavy atom. The topological polar surface area (TPSA) is 35.2 Å². The van der Waals surface area contributed by atoms with E-state index in [9.17, 15) is 0 Å². The molecule has 0 aromatic heterocycles. The van der Waals surface area contributed by atoms with Crippen LogP contribution in [0.5, 0.6) is 5.75 Å². The molecule has 1 fully saturated rings. The molecule has 0 radical (unpaired) electrons. The number of benzene rings is 1. The van der Waals surface area contributed by atoms with Crippen molar-refractivity contribution in [3.8, 4) is 5.75 Å². The lowest BCUT2D eigenvalue weighted by Gasteiger charge is -2.33. The molecule has 3 unspecified atom stereocenters. The molecular formula is C16H24ClNO. The maximum absolute atomic E-state index is 6.28. The van der Waals surface area contributed by atoms with Crippen molar-refractivity contribution in [2.24, 2.45) is 17.6 Å². The zero-order valence-corrected chi connectivity index (χ0v) is 12.6. The minimum absolute atomic E-state index is 0.294. The van der Waals surface area contributed by atoms with Crippen LogP contribution in [0.25, 0.3) is 0 Å². The number of ether oxygens (including phenoxy) is 1. The van der Waals surface area contributed by atoms with Crippen molar-refractivity contribution in [2.75, 3.05) is 6.54 Å². The molecule has 0 spiro atoms. The van der Waals surface area contributed by atoms with Crippen molar-refractivity contribution in [1.29, 1.82) is 0 Å². The van der Waals surface area contributed by atoms with Crippen LogP contribution in [0.15, 0.2) is 18.2 Å². The van der Waals surface area contributed by atoms with E-state index >= 15 is 0 Å². The summed E-state index contributed by atoms with van der Waals surface area (Å²) in [6, 6.07) is 5.92. The molecule has 1 saturated carbocycles. The van der Waals surface area contributed by atoms with E-state index < -0.39 is 0 Å². The Morgan fingerprint density at radius 2 is 2.05 bits per heavy atom. The van der Waals surface area contributed by atoms with Gasteiger partial charge in [-0.05, 0) is 55.7 Å². The second-order valence-corrected chi connectivity index (χ2v) is 6.18. The van der Waals surface area contributed by atoms with Gasteiger partial charge in [-0.15, -0.1) is 0 Å². The Bertz CT molecular complexity index is 421. The zero-order chi connectivity index (χ0) is 13.8. The zero-order valence-electron chi connectivity index (χ0n) is 11.9. The number of nitrogens with two attached hydrogens (primary N) is 1. The quantitative estimate of drug-likeness (QED) is 0.904. The third kappa shape index (κ3) is 3.64. The molecule has 1 aliphatic rings. The fourth-order valence-corrected chi connectivity index (χ4v) is 3.05. The third-order valence-corrected chi connectivity index (χ3v) is 4.59. The molecule has 0 aliphatic heterocycles. The predicted molar refractivity (Wildman–Crippen MR) is 80.8 cm³/mol. The summed E-state index contributed by atoms with van der Waals surface area (Å²) < 4.78 is 6.20. The van der Waals surface area contributed by atoms with Gasteiger partial charge in [0.05, 0.1) is 11.1 Å². The van der Waals surface area contributed by atoms with Crippen LogP contribution in [0.3, 0.4) is 0 Å². The predicted octanol–water partition coefficient (Wildman–Crippen LogP) is 4.04. The number of halogens is 1. The molecule has 106 valence electrons. The van der Waals surface area contributed by atoms with Crippen LogP contribution in [0.4, 0.5) is 0 Å². The van der Waals surface area contributed by atoms with Crippen LogP contribution in [0.1, 0.15) is 38.7 Å². The Kier molecular flexibility index (Phi) is 5.12. The van der Waals surface area contributed by atoms with Gasteiger partial charge in [-0.3, -0.25) is 0 Å². The number of para-hydroxylation sites is 1. The van der Waals surface area contributed by atoms with Gasteiger partial charge in [-0.1, -0.05) is 37.6 Å². The highest BCUT2D eigenvalue weighted by Crippen LogP contribution is 2.35. The van der Waals surface area contributed by atoms with E-state index in [0.717, 1.165) is 42.4 Å². The minimum atomic E-state index is 0.294. The first-order chi connectivity index (χ1) is 9.11. The average Bonchev–Trinajstić information content (AvgIpc) is 2.38. The van der Waals surface area contributed by atoms with Gasteiger partial charge in [0.1, 0.15) is 5.75 Å². The molecule has 0 bridgehead atoms. The summed E-state index contributed by atoms with van der Waals surface area (Å²) in [5.74, 6) is 2.37. The van der Waals surface area contributed by atoms with Gasteiger partial charge < -0.3 is 10.5 Å². The summed E-state index contributed by atoms with van der Waals surface area (Å²) >= 11 is 6.28. The fourth-order valence-electron chi connectivity index (χ4n) is 2.81. The van der Waals surface area contributed by atoms with Crippen LogP contribution >= 0.6 is 11.6 Å². The maximum Gasteiger partial charge on any atom is 0.141 e. The molecule has 2 N–H and O–H groups in total. The molecule has 2 rings (SSSR count). The Labute approximate surface area is 121 Å². The first-order valence-corrected chi connectivity index (χ1v) is 7.63. The minimum Gasteiger partial charge on any atom is -0.489 e. The van der Waals surface area contributed by atoms with Crippen molar-refractivity contribution in [2.45, 2.75) is 45.6 Å². The molecule has 0 saturated heterocycles. The van der Waals surface area contributed by atoms with Gasteiger partial charge in [0, 0.05) is 0 Å². The second-order valence-electron chi connectivity index (χ2n) is 5.77. The second kappa shape index (κ2) is 6.62. The van der Waals surface area contributed by atoms with Crippen LogP contribution in [-0.2, 0) is 6.42 Å². The first kappa shape index (κ1) is 14.7. The smallest absolute Gasteiger partial charge is 0.141 e. The summed E-state index contributed by atoms with van der Waals surface area (Å²) in [6.45, 7) is 5.26. The molecule has 2 nitrogen and oxygen atoms in total. The van der Waals surface area contributed by atoms with E-state index in [2.05, 4.69) is 19.9 Å².